The minimum absolute atomic E-state index is 0.0807. The van der Waals surface area contributed by atoms with Crippen molar-refractivity contribution in [1.29, 1.82) is 0 Å². The van der Waals surface area contributed by atoms with E-state index in [0.29, 0.717) is 0 Å². The third kappa shape index (κ3) is 1.44. The molecule has 108 valence electrons. The first-order valence-corrected chi connectivity index (χ1v) is 7.38. The molecule has 3 nitrogen and oxygen atoms in total. The lowest BCUT2D eigenvalue weighted by molar-refractivity contribution is 0.0145. The maximum Gasteiger partial charge on any atom is 0.189 e. The summed E-state index contributed by atoms with van der Waals surface area (Å²) in [5.41, 5.74) is 10.0. The minimum atomic E-state index is -0.375. The second-order valence-corrected chi connectivity index (χ2v) is 6.68. The summed E-state index contributed by atoms with van der Waals surface area (Å²) in [4.78, 5) is 2.37. The number of hydrogen-bond acceptors (Lipinski definition) is 3. The van der Waals surface area contributed by atoms with E-state index in [1.165, 1.54) is 11.3 Å². The van der Waals surface area contributed by atoms with Crippen LogP contribution in [0, 0.1) is 0 Å². The highest BCUT2D eigenvalue weighted by Crippen LogP contribution is 2.55. The Morgan fingerprint density at radius 3 is 2.67 bits per heavy atom. The molecule has 0 fully saturated rings. The fourth-order valence-electron chi connectivity index (χ4n) is 3.68. The van der Waals surface area contributed by atoms with E-state index < -0.39 is 0 Å². The van der Waals surface area contributed by atoms with Crippen LogP contribution in [-0.4, -0.2) is 5.72 Å². The topological polar surface area (TPSA) is 38.5 Å². The quantitative estimate of drug-likeness (QED) is 0.748. The molecule has 0 saturated carbocycles. The van der Waals surface area contributed by atoms with E-state index in [1.807, 2.05) is 18.2 Å². The van der Waals surface area contributed by atoms with Gasteiger partial charge in [0.25, 0.3) is 0 Å². The molecule has 3 heteroatoms. The Kier molecular flexibility index (Phi) is 2.23. The standard InChI is InChI=1S/C18H20N2O/c1-17(2)14-6-4-5-7-15(14)20-11-12-10-13(19)8-9-16(12)21-18(17,20)3/h4-10H,11,19H2,1-3H3. The number of hydrogen-bond donors (Lipinski definition) is 1. The number of fused-ring (bicyclic) bond motifs is 4. The van der Waals surface area contributed by atoms with Crippen molar-refractivity contribution in [1.82, 2.24) is 0 Å². The number of benzene rings is 2. The van der Waals surface area contributed by atoms with Crippen LogP contribution in [0.4, 0.5) is 11.4 Å². The number of nitrogens with two attached hydrogens (primary N) is 1. The van der Waals surface area contributed by atoms with E-state index in [-0.39, 0.29) is 11.1 Å². The molecule has 2 aromatic carbocycles. The monoisotopic (exact) mass is 280 g/mol. The molecular formula is C18H20N2O. The van der Waals surface area contributed by atoms with Gasteiger partial charge in [-0.05, 0) is 50.6 Å². The number of nitrogens with zero attached hydrogens (tertiary/aromatic N) is 1. The highest BCUT2D eigenvalue weighted by Gasteiger charge is 2.57. The fraction of sp³-hybridized carbons (Fsp3) is 0.333. The fourth-order valence-corrected chi connectivity index (χ4v) is 3.68. The van der Waals surface area contributed by atoms with Gasteiger partial charge < -0.3 is 15.4 Å². The molecular weight excluding hydrogens is 260 g/mol. The molecule has 2 aliphatic heterocycles. The molecule has 2 N–H and O–H groups in total. The zero-order valence-electron chi connectivity index (χ0n) is 12.7. The maximum atomic E-state index is 6.47. The van der Waals surface area contributed by atoms with Crippen LogP contribution in [0.25, 0.3) is 0 Å². The molecule has 0 amide bonds. The van der Waals surface area contributed by atoms with Crippen LogP contribution >= 0.6 is 0 Å². The van der Waals surface area contributed by atoms with Gasteiger partial charge in [-0.15, -0.1) is 0 Å². The van der Waals surface area contributed by atoms with Gasteiger partial charge in [0.1, 0.15) is 5.75 Å². The Hall–Kier alpha value is -2.16. The molecule has 0 spiro atoms. The Morgan fingerprint density at radius 2 is 1.86 bits per heavy atom. The van der Waals surface area contributed by atoms with Gasteiger partial charge in [0.05, 0.1) is 12.0 Å². The SMILES string of the molecule is CC1(C)c2ccccc2N2Cc3cc(N)ccc3OC21C. The van der Waals surface area contributed by atoms with Crippen LogP contribution in [-0.2, 0) is 12.0 Å². The summed E-state index contributed by atoms with van der Waals surface area (Å²) in [6, 6.07) is 14.5. The first kappa shape index (κ1) is 12.6. The Bertz CT molecular complexity index is 738. The van der Waals surface area contributed by atoms with Crippen molar-refractivity contribution in [3.05, 3.63) is 53.6 Å². The van der Waals surface area contributed by atoms with E-state index in [0.717, 1.165) is 23.5 Å². The van der Waals surface area contributed by atoms with Crippen LogP contribution in [0.2, 0.25) is 0 Å². The van der Waals surface area contributed by atoms with Crippen LogP contribution in [0.3, 0.4) is 0 Å². The van der Waals surface area contributed by atoms with E-state index in [1.54, 1.807) is 0 Å². The van der Waals surface area contributed by atoms with E-state index in [9.17, 15) is 0 Å². The largest absolute Gasteiger partial charge is 0.467 e. The minimum Gasteiger partial charge on any atom is -0.467 e. The number of nitrogen functional groups attached to an aromatic ring is 1. The summed E-state index contributed by atoms with van der Waals surface area (Å²) >= 11 is 0. The van der Waals surface area contributed by atoms with Gasteiger partial charge in [-0.1, -0.05) is 18.2 Å². The van der Waals surface area contributed by atoms with Gasteiger partial charge in [0.15, 0.2) is 5.72 Å². The molecule has 4 rings (SSSR count). The van der Waals surface area contributed by atoms with Crippen molar-refractivity contribution in [2.45, 2.75) is 38.5 Å². The first-order chi connectivity index (χ1) is 9.93. The van der Waals surface area contributed by atoms with Gasteiger partial charge in [-0.25, -0.2) is 0 Å². The number of anilines is 2. The molecule has 2 aliphatic rings. The molecule has 0 bridgehead atoms. The van der Waals surface area contributed by atoms with Crippen molar-refractivity contribution in [2.75, 3.05) is 10.6 Å². The molecule has 2 aromatic rings. The predicted octanol–water partition coefficient (Wildman–Crippen LogP) is 3.68. The second-order valence-electron chi connectivity index (χ2n) is 6.68. The third-order valence-electron chi connectivity index (χ3n) is 5.26. The Balaban J connectivity index is 1.93. The van der Waals surface area contributed by atoms with Crippen molar-refractivity contribution in [3.63, 3.8) is 0 Å². The molecule has 2 heterocycles. The average molecular weight is 280 g/mol. The van der Waals surface area contributed by atoms with Gasteiger partial charge >= 0.3 is 0 Å². The number of rotatable bonds is 0. The molecule has 0 radical (unpaired) electrons. The predicted molar refractivity (Wildman–Crippen MR) is 85.5 cm³/mol. The maximum absolute atomic E-state index is 6.47. The zero-order valence-corrected chi connectivity index (χ0v) is 12.7. The lowest BCUT2D eigenvalue weighted by Gasteiger charge is -2.48. The summed E-state index contributed by atoms with van der Waals surface area (Å²) in [5, 5.41) is 0. The van der Waals surface area contributed by atoms with Crippen LogP contribution in [0.15, 0.2) is 42.5 Å². The first-order valence-electron chi connectivity index (χ1n) is 7.38. The summed E-state index contributed by atoms with van der Waals surface area (Å²) < 4.78 is 6.47. The molecule has 0 aliphatic carbocycles. The molecule has 0 saturated heterocycles. The van der Waals surface area contributed by atoms with Crippen molar-refractivity contribution in [3.8, 4) is 5.75 Å². The summed E-state index contributed by atoms with van der Waals surface area (Å²) in [7, 11) is 0. The normalized spacial score (nSPS) is 24.8. The number of para-hydroxylation sites is 1. The second kappa shape index (κ2) is 3.73. The van der Waals surface area contributed by atoms with E-state index >= 15 is 0 Å². The van der Waals surface area contributed by atoms with Crippen LogP contribution < -0.4 is 15.4 Å². The zero-order chi connectivity index (χ0) is 14.8. The van der Waals surface area contributed by atoms with Crippen LogP contribution in [0.1, 0.15) is 31.9 Å². The van der Waals surface area contributed by atoms with E-state index in [2.05, 4.69) is 49.9 Å². The lowest BCUT2D eigenvalue weighted by atomic mass is 9.78. The van der Waals surface area contributed by atoms with Gasteiger partial charge in [0, 0.05) is 16.9 Å². The van der Waals surface area contributed by atoms with Gasteiger partial charge in [-0.2, -0.15) is 0 Å². The Labute approximate surface area is 125 Å². The Morgan fingerprint density at radius 1 is 1.10 bits per heavy atom. The molecule has 0 aromatic heterocycles. The average Bonchev–Trinajstić information content (AvgIpc) is 2.63. The molecule has 1 unspecified atom stereocenters. The van der Waals surface area contributed by atoms with Crippen LogP contribution in [0.5, 0.6) is 5.75 Å². The molecule has 1 atom stereocenters. The lowest BCUT2D eigenvalue weighted by Crippen LogP contribution is -2.59. The highest BCUT2D eigenvalue weighted by molar-refractivity contribution is 5.68. The van der Waals surface area contributed by atoms with Crippen molar-refractivity contribution < 1.29 is 4.74 Å². The van der Waals surface area contributed by atoms with Gasteiger partial charge in [-0.3, -0.25) is 0 Å². The van der Waals surface area contributed by atoms with Gasteiger partial charge in [0.2, 0.25) is 0 Å². The highest BCUT2D eigenvalue weighted by atomic mass is 16.5. The smallest absolute Gasteiger partial charge is 0.189 e. The third-order valence-corrected chi connectivity index (χ3v) is 5.26. The summed E-state index contributed by atoms with van der Waals surface area (Å²) in [5.74, 6) is 0.948. The van der Waals surface area contributed by atoms with Crippen molar-refractivity contribution in [2.24, 2.45) is 0 Å². The summed E-state index contributed by atoms with van der Waals surface area (Å²) in [6.07, 6.45) is 0. The molecule has 21 heavy (non-hydrogen) atoms. The summed E-state index contributed by atoms with van der Waals surface area (Å²) in [6.45, 7) is 7.53. The van der Waals surface area contributed by atoms with E-state index in [4.69, 9.17) is 10.5 Å². The number of ether oxygens (including phenoxy) is 1. The van der Waals surface area contributed by atoms with Crippen molar-refractivity contribution >= 4 is 11.4 Å².